The van der Waals surface area contributed by atoms with E-state index in [4.69, 9.17) is 28.9 Å². The Bertz CT molecular complexity index is 1540. The fourth-order valence-electron chi connectivity index (χ4n) is 5.39. The molecule has 0 fully saturated rings. The number of methoxy groups -OCH3 is 2. The first-order valence-corrected chi connectivity index (χ1v) is 16.2. The Morgan fingerprint density at radius 1 is 0.667 bits per heavy atom. The summed E-state index contributed by atoms with van der Waals surface area (Å²) in [5, 5.41) is 2.53. The largest absolute Gasteiger partial charge is 0.481 e. The number of benzene rings is 2. The minimum atomic E-state index is -0.789. The lowest BCUT2D eigenvalue weighted by atomic mass is 10.0. The highest BCUT2D eigenvalue weighted by atomic mass is 31.1. The van der Waals surface area contributed by atoms with Crippen molar-refractivity contribution in [2.24, 2.45) is 0 Å². The first kappa shape index (κ1) is 26.0. The van der Waals surface area contributed by atoms with Crippen LogP contribution in [0.5, 0.6) is 23.3 Å². The van der Waals surface area contributed by atoms with Gasteiger partial charge in [0, 0.05) is 22.7 Å². The Morgan fingerprint density at radius 2 is 1.15 bits per heavy atom. The van der Waals surface area contributed by atoms with Gasteiger partial charge in [-0.2, -0.15) is 0 Å². The second-order valence-corrected chi connectivity index (χ2v) is 15.7. The number of hydrogen-bond acceptors (Lipinski definition) is 6. The summed E-state index contributed by atoms with van der Waals surface area (Å²) < 4.78 is 24.1. The fraction of sp³-hybridized carbons (Fsp3) is 0.290. The quantitative estimate of drug-likeness (QED) is 0.246. The van der Waals surface area contributed by atoms with Crippen molar-refractivity contribution in [1.82, 2.24) is 9.97 Å². The van der Waals surface area contributed by atoms with Crippen molar-refractivity contribution >= 4 is 26.5 Å². The molecule has 0 aliphatic carbocycles. The summed E-state index contributed by atoms with van der Waals surface area (Å²) in [4.78, 5) is 9.49. The molecular weight excluding hydrogens is 526 g/mol. The van der Waals surface area contributed by atoms with Crippen molar-refractivity contribution in [3.63, 3.8) is 0 Å². The van der Waals surface area contributed by atoms with Gasteiger partial charge in [-0.15, -0.1) is 0 Å². The van der Waals surface area contributed by atoms with Gasteiger partial charge >= 0.3 is 0 Å². The predicted octanol–water partition coefficient (Wildman–Crippen LogP) is 6.99. The molecule has 0 radical (unpaired) electrons. The summed E-state index contributed by atoms with van der Waals surface area (Å²) in [6, 6.07) is 24.6. The van der Waals surface area contributed by atoms with Crippen molar-refractivity contribution in [2.75, 3.05) is 20.9 Å². The molecule has 4 aromatic rings. The van der Waals surface area contributed by atoms with Gasteiger partial charge in [-0.25, -0.2) is 9.97 Å². The number of aromatic nitrogens is 2. The lowest BCUT2D eigenvalue weighted by Gasteiger charge is -2.32. The number of hydrogen-bond donors (Lipinski definition) is 0. The van der Waals surface area contributed by atoms with Gasteiger partial charge in [0.2, 0.25) is 11.8 Å². The molecule has 6 rings (SSSR count). The number of rotatable bonds is 5. The van der Waals surface area contributed by atoms with E-state index >= 15 is 0 Å². The smallest absolute Gasteiger partial charge is 0.213 e. The molecular formula is C31H32N2O4P2. The molecule has 0 amide bonds. The van der Waals surface area contributed by atoms with Gasteiger partial charge in [-0.3, -0.25) is 0 Å². The summed E-state index contributed by atoms with van der Waals surface area (Å²) in [6.07, 6.45) is 0. The molecule has 2 aliphatic heterocycles. The standard InChI is InChI=1S/C31H32N2O4P2/c1-31(2,3)39-28-20(12-8-16-24(28)37-30(39)22-14-10-18-26(33-22)35-5)19-11-7-15-23-27(19)38(6)29(36-23)21-13-9-17-25(32-21)34-4/h7-18,29-30H,1-6H3/t29-,30-,38-,39+/m1/s1. The topological polar surface area (TPSA) is 62.7 Å². The van der Waals surface area contributed by atoms with Crippen molar-refractivity contribution < 1.29 is 18.9 Å². The molecule has 0 unspecified atom stereocenters. The molecule has 6 nitrogen and oxygen atoms in total. The van der Waals surface area contributed by atoms with E-state index in [-0.39, 0.29) is 16.8 Å². The van der Waals surface area contributed by atoms with Gasteiger partial charge in [-0.05, 0) is 63.1 Å². The van der Waals surface area contributed by atoms with Crippen LogP contribution in [-0.4, -0.2) is 36.0 Å². The number of nitrogens with zero attached hydrogens (tertiary/aromatic N) is 2. The van der Waals surface area contributed by atoms with E-state index < -0.39 is 15.8 Å². The maximum absolute atomic E-state index is 6.72. The highest BCUT2D eigenvalue weighted by Gasteiger charge is 2.45. The minimum Gasteiger partial charge on any atom is -0.481 e. The van der Waals surface area contributed by atoms with Crippen molar-refractivity contribution in [2.45, 2.75) is 37.6 Å². The van der Waals surface area contributed by atoms with Gasteiger partial charge < -0.3 is 18.9 Å². The summed E-state index contributed by atoms with van der Waals surface area (Å²) in [5.41, 5.74) is 4.23. The molecule has 8 heteroatoms. The molecule has 39 heavy (non-hydrogen) atoms. The lowest BCUT2D eigenvalue weighted by Crippen LogP contribution is -2.22. The summed E-state index contributed by atoms with van der Waals surface area (Å²) in [6.45, 7) is 9.19. The first-order valence-electron chi connectivity index (χ1n) is 12.9. The van der Waals surface area contributed by atoms with E-state index in [0.29, 0.717) is 11.8 Å². The number of pyridine rings is 2. The molecule has 0 N–H and O–H groups in total. The third-order valence-corrected chi connectivity index (χ3v) is 12.6. The number of ether oxygens (including phenoxy) is 4. The van der Waals surface area contributed by atoms with Gasteiger partial charge in [0.05, 0.1) is 25.6 Å². The number of fused-ring (bicyclic) bond motifs is 2. The second kappa shape index (κ2) is 10.1. The Labute approximate surface area is 232 Å². The van der Waals surface area contributed by atoms with Crippen LogP contribution in [0.15, 0.2) is 72.8 Å². The highest BCUT2D eigenvalue weighted by Crippen LogP contribution is 2.66. The zero-order chi connectivity index (χ0) is 27.3. The molecule has 2 aromatic heterocycles. The molecule has 2 aliphatic rings. The van der Waals surface area contributed by atoms with Crippen LogP contribution < -0.4 is 29.6 Å². The zero-order valence-corrected chi connectivity index (χ0v) is 24.8. The Morgan fingerprint density at radius 3 is 1.72 bits per heavy atom. The molecule has 0 saturated heterocycles. The fourth-order valence-corrected chi connectivity index (χ4v) is 10.5. The van der Waals surface area contributed by atoms with Gasteiger partial charge in [-0.1, -0.05) is 57.2 Å². The van der Waals surface area contributed by atoms with Crippen LogP contribution in [0.25, 0.3) is 11.1 Å². The Kier molecular flexibility index (Phi) is 6.73. The summed E-state index contributed by atoms with van der Waals surface area (Å²) in [7, 11) is 1.81. The van der Waals surface area contributed by atoms with Crippen LogP contribution in [0.1, 0.15) is 43.8 Å². The van der Waals surface area contributed by atoms with E-state index in [0.717, 1.165) is 22.9 Å². The molecule has 0 saturated carbocycles. The average Bonchev–Trinajstić information content (AvgIpc) is 3.51. The average molecular weight is 559 g/mol. The first-order chi connectivity index (χ1) is 18.8. The molecule has 2 aromatic carbocycles. The molecule has 0 spiro atoms. The molecule has 4 atom stereocenters. The van der Waals surface area contributed by atoms with E-state index in [9.17, 15) is 0 Å². The van der Waals surface area contributed by atoms with Crippen molar-refractivity contribution in [3.05, 3.63) is 84.2 Å². The normalized spacial score (nSPS) is 21.5. The van der Waals surface area contributed by atoms with Crippen LogP contribution in [0.3, 0.4) is 0 Å². The molecule has 200 valence electrons. The lowest BCUT2D eigenvalue weighted by molar-refractivity contribution is 0.292. The van der Waals surface area contributed by atoms with Crippen LogP contribution in [0.4, 0.5) is 0 Å². The van der Waals surface area contributed by atoms with E-state index in [1.165, 1.54) is 21.7 Å². The monoisotopic (exact) mass is 558 g/mol. The third kappa shape index (κ3) is 4.54. The zero-order valence-electron chi connectivity index (χ0n) is 23.0. The minimum absolute atomic E-state index is 0.0233. The Balaban J connectivity index is 1.46. The highest BCUT2D eigenvalue weighted by molar-refractivity contribution is 7.68. The predicted molar refractivity (Wildman–Crippen MR) is 159 cm³/mol. The van der Waals surface area contributed by atoms with Crippen molar-refractivity contribution in [3.8, 4) is 34.4 Å². The second-order valence-electron chi connectivity index (χ2n) is 10.6. The maximum atomic E-state index is 6.72. The van der Waals surface area contributed by atoms with E-state index in [2.05, 4.69) is 63.8 Å². The summed E-state index contributed by atoms with van der Waals surface area (Å²) in [5.74, 6) is 2.78. The maximum Gasteiger partial charge on any atom is 0.213 e. The SMILES string of the molecule is COc1cccc([C@@H]2Oc3cccc(-c4cccc5c4[P@](C(C)(C)C)[C@H](c4cccc(OC)n4)O5)c3[P@@]2C)n1. The third-order valence-electron chi connectivity index (χ3n) is 7.08. The Hall–Kier alpha value is -3.20. The van der Waals surface area contributed by atoms with Gasteiger partial charge in [0.15, 0.2) is 11.7 Å². The van der Waals surface area contributed by atoms with Gasteiger partial charge in [0.1, 0.15) is 11.5 Å². The molecule has 4 heterocycles. The van der Waals surface area contributed by atoms with Crippen LogP contribution in [-0.2, 0) is 0 Å². The van der Waals surface area contributed by atoms with E-state index in [1.807, 2.05) is 36.4 Å². The van der Waals surface area contributed by atoms with Crippen LogP contribution in [0.2, 0.25) is 0 Å². The molecule has 0 bridgehead atoms. The van der Waals surface area contributed by atoms with E-state index in [1.54, 1.807) is 14.2 Å². The summed E-state index contributed by atoms with van der Waals surface area (Å²) >= 11 is 0. The van der Waals surface area contributed by atoms with Crippen molar-refractivity contribution in [1.29, 1.82) is 0 Å². The van der Waals surface area contributed by atoms with Crippen LogP contribution >= 0.6 is 15.8 Å². The van der Waals surface area contributed by atoms with Crippen LogP contribution in [0, 0.1) is 0 Å². The van der Waals surface area contributed by atoms with Gasteiger partial charge in [0.25, 0.3) is 0 Å².